The fourth-order valence-electron chi connectivity index (χ4n) is 4.24. The number of likely N-dealkylation sites (tertiary alicyclic amines) is 1. The van der Waals surface area contributed by atoms with Crippen molar-refractivity contribution in [2.45, 2.75) is 32.1 Å². The normalized spacial score (nSPS) is 24.8. The first-order chi connectivity index (χ1) is 12.9. The third-order valence-corrected chi connectivity index (χ3v) is 5.65. The summed E-state index contributed by atoms with van der Waals surface area (Å²) in [6.45, 7) is 1.90. The first-order valence-electron chi connectivity index (χ1n) is 9.47. The summed E-state index contributed by atoms with van der Waals surface area (Å²) < 4.78 is 39.6. The monoisotopic (exact) mass is 384 g/mol. The van der Waals surface area contributed by atoms with Crippen LogP contribution in [-0.2, 0) is 9.59 Å². The molecule has 1 saturated heterocycles. The Morgan fingerprint density at radius 1 is 1.00 bits per heavy atom. The molecule has 1 unspecified atom stereocenters. The highest BCUT2D eigenvalue weighted by Gasteiger charge is 2.34. The summed E-state index contributed by atoms with van der Waals surface area (Å²) in [5, 5.41) is 4.64. The highest BCUT2D eigenvalue weighted by Crippen LogP contribution is 2.32. The number of halogens is 3. The van der Waals surface area contributed by atoms with Crippen LogP contribution >= 0.6 is 0 Å². The highest BCUT2D eigenvalue weighted by molar-refractivity contribution is 5.94. The summed E-state index contributed by atoms with van der Waals surface area (Å²) in [6.07, 6.45) is 6.25. The molecule has 3 atom stereocenters. The highest BCUT2D eigenvalue weighted by atomic mass is 19.2. The fraction of sp³-hybridized carbons (Fsp3) is 0.579. The summed E-state index contributed by atoms with van der Waals surface area (Å²) in [6, 6.07) is 1.66. The Morgan fingerprint density at radius 2 is 1.74 bits per heavy atom. The van der Waals surface area contributed by atoms with E-state index in [1.54, 1.807) is 0 Å². The van der Waals surface area contributed by atoms with Crippen molar-refractivity contribution in [2.75, 3.05) is 31.5 Å². The molecule has 1 heterocycles. The average molecular weight is 384 g/mol. The zero-order chi connectivity index (χ0) is 19.4. The number of hydrogen-bond donors (Lipinski definition) is 3. The largest absolute Gasteiger partial charge is 0.342 e. The number of carbonyl (C=O) groups is 2. The molecular weight excluding hydrogens is 359 g/mol. The minimum absolute atomic E-state index is 0.250. The number of nitrogens with one attached hydrogen (secondary N) is 3. The molecule has 0 spiro atoms. The van der Waals surface area contributed by atoms with Crippen molar-refractivity contribution in [3.05, 3.63) is 29.6 Å². The summed E-state index contributed by atoms with van der Waals surface area (Å²) in [5.41, 5.74) is -0.460. The molecule has 2 amide bonds. The second kappa shape index (κ2) is 8.73. The molecule has 8 heteroatoms. The molecule has 3 rings (SSSR count). The molecular formula is C19H25F3N3O2+. The van der Waals surface area contributed by atoms with Gasteiger partial charge in [0.2, 0.25) is 5.91 Å². The molecule has 1 aliphatic heterocycles. The van der Waals surface area contributed by atoms with Gasteiger partial charge in [0.15, 0.2) is 24.0 Å². The molecule has 1 aliphatic carbocycles. The van der Waals surface area contributed by atoms with Gasteiger partial charge in [-0.05, 0) is 37.3 Å². The van der Waals surface area contributed by atoms with Crippen molar-refractivity contribution in [1.29, 1.82) is 0 Å². The maximum absolute atomic E-state index is 13.5. The molecule has 5 nitrogen and oxygen atoms in total. The molecule has 0 aromatic heterocycles. The van der Waals surface area contributed by atoms with Crippen LogP contribution in [0.1, 0.15) is 32.1 Å². The lowest BCUT2D eigenvalue weighted by molar-refractivity contribution is -0.902. The van der Waals surface area contributed by atoms with Crippen LogP contribution < -0.4 is 15.5 Å². The van der Waals surface area contributed by atoms with Crippen LogP contribution in [0.5, 0.6) is 0 Å². The van der Waals surface area contributed by atoms with Crippen LogP contribution in [0.2, 0.25) is 0 Å². The van der Waals surface area contributed by atoms with Gasteiger partial charge in [-0.1, -0.05) is 12.8 Å². The van der Waals surface area contributed by atoms with Crippen molar-refractivity contribution >= 4 is 17.5 Å². The quantitative estimate of drug-likeness (QED) is 0.670. The maximum atomic E-state index is 13.5. The third-order valence-electron chi connectivity index (χ3n) is 5.65. The van der Waals surface area contributed by atoms with Crippen LogP contribution in [-0.4, -0.2) is 38.0 Å². The summed E-state index contributed by atoms with van der Waals surface area (Å²) >= 11 is 0. The molecule has 27 heavy (non-hydrogen) atoms. The van der Waals surface area contributed by atoms with E-state index in [0.717, 1.165) is 37.6 Å². The number of benzene rings is 1. The van der Waals surface area contributed by atoms with Crippen LogP contribution in [0.4, 0.5) is 18.9 Å². The molecule has 2 fully saturated rings. The lowest BCUT2D eigenvalue weighted by atomic mass is 9.75. The van der Waals surface area contributed by atoms with E-state index in [9.17, 15) is 22.8 Å². The van der Waals surface area contributed by atoms with Gasteiger partial charge in [0.1, 0.15) is 0 Å². The van der Waals surface area contributed by atoms with Crippen molar-refractivity contribution in [1.82, 2.24) is 5.32 Å². The lowest BCUT2D eigenvalue weighted by Crippen LogP contribution is -3.15. The number of anilines is 1. The summed E-state index contributed by atoms with van der Waals surface area (Å²) in [4.78, 5) is 25.2. The minimum atomic E-state index is -1.65. The van der Waals surface area contributed by atoms with Gasteiger partial charge in [0, 0.05) is 5.92 Å². The Balaban J connectivity index is 1.42. The van der Waals surface area contributed by atoms with Gasteiger partial charge in [-0.15, -0.1) is 0 Å². The number of rotatable bonds is 5. The molecule has 3 N–H and O–H groups in total. The van der Waals surface area contributed by atoms with E-state index in [1.165, 1.54) is 30.6 Å². The first kappa shape index (κ1) is 19.7. The van der Waals surface area contributed by atoms with Crippen LogP contribution in [0.15, 0.2) is 12.1 Å². The number of piperidine rings is 1. The second-order valence-corrected chi connectivity index (χ2v) is 7.52. The molecule has 1 saturated carbocycles. The SMILES string of the molecule is O=C(C[NH+]1CC[C@H]2CCCC[C@@H]2C1)NCC(=O)Nc1ccc(F)c(F)c1F. The molecule has 0 radical (unpaired) electrons. The van der Waals surface area contributed by atoms with Crippen LogP contribution in [0, 0.1) is 29.3 Å². The van der Waals surface area contributed by atoms with Gasteiger partial charge >= 0.3 is 0 Å². The van der Waals surface area contributed by atoms with E-state index >= 15 is 0 Å². The Bertz CT molecular complexity index is 714. The number of amides is 2. The van der Waals surface area contributed by atoms with Gasteiger partial charge in [0.25, 0.3) is 5.91 Å². The molecule has 1 aromatic carbocycles. The number of hydrogen-bond acceptors (Lipinski definition) is 2. The van der Waals surface area contributed by atoms with Crippen LogP contribution in [0.3, 0.4) is 0 Å². The van der Waals surface area contributed by atoms with Crippen molar-refractivity contribution in [3.63, 3.8) is 0 Å². The van der Waals surface area contributed by atoms with E-state index in [4.69, 9.17) is 0 Å². The van der Waals surface area contributed by atoms with E-state index in [1.807, 2.05) is 0 Å². The topological polar surface area (TPSA) is 62.6 Å². The molecule has 148 valence electrons. The zero-order valence-electron chi connectivity index (χ0n) is 15.1. The van der Waals surface area contributed by atoms with Gasteiger partial charge in [-0.3, -0.25) is 9.59 Å². The predicted molar refractivity (Wildman–Crippen MR) is 93.6 cm³/mol. The summed E-state index contributed by atoms with van der Waals surface area (Å²) in [5.74, 6) is -3.91. The Kier molecular flexibility index (Phi) is 6.36. The van der Waals surface area contributed by atoms with E-state index in [2.05, 4.69) is 10.6 Å². The number of quaternary nitrogens is 1. The lowest BCUT2D eigenvalue weighted by Gasteiger charge is -2.38. The number of carbonyl (C=O) groups excluding carboxylic acids is 2. The van der Waals surface area contributed by atoms with Gasteiger partial charge < -0.3 is 15.5 Å². The van der Waals surface area contributed by atoms with Crippen LogP contribution in [0.25, 0.3) is 0 Å². The van der Waals surface area contributed by atoms with E-state index < -0.39 is 29.0 Å². The van der Waals surface area contributed by atoms with E-state index in [-0.39, 0.29) is 12.5 Å². The van der Waals surface area contributed by atoms with Crippen molar-refractivity contribution in [3.8, 4) is 0 Å². The molecule has 0 bridgehead atoms. The van der Waals surface area contributed by atoms with Gasteiger partial charge in [0.05, 0.1) is 25.3 Å². The van der Waals surface area contributed by atoms with Gasteiger partial charge in [-0.25, -0.2) is 13.2 Å². The Morgan fingerprint density at radius 3 is 2.52 bits per heavy atom. The standard InChI is InChI=1S/C19H24F3N3O2/c20-14-5-6-15(19(22)18(14)21)24-16(26)9-23-17(27)11-25-8-7-12-3-1-2-4-13(12)10-25/h5-6,12-13H,1-4,7-11H2,(H,23,27)(H,24,26)/p+1/t12-,13-/m1/s1. The maximum Gasteiger partial charge on any atom is 0.275 e. The fourth-order valence-corrected chi connectivity index (χ4v) is 4.24. The van der Waals surface area contributed by atoms with Crippen molar-refractivity contribution < 1.29 is 27.7 Å². The van der Waals surface area contributed by atoms with Crippen molar-refractivity contribution in [2.24, 2.45) is 11.8 Å². The number of fused-ring (bicyclic) bond motifs is 1. The Labute approximate surface area is 156 Å². The first-order valence-corrected chi connectivity index (χ1v) is 9.47. The minimum Gasteiger partial charge on any atom is -0.342 e. The van der Waals surface area contributed by atoms with E-state index in [0.29, 0.717) is 12.5 Å². The van der Waals surface area contributed by atoms with Gasteiger partial charge in [-0.2, -0.15) is 0 Å². The third kappa shape index (κ3) is 5.00. The Hall–Kier alpha value is -2.09. The predicted octanol–water partition coefficient (Wildman–Crippen LogP) is 1.25. The molecule has 1 aromatic rings. The zero-order valence-corrected chi connectivity index (χ0v) is 15.1. The molecule has 2 aliphatic rings. The smallest absolute Gasteiger partial charge is 0.275 e. The summed E-state index contributed by atoms with van der Waals surface area (Å²) in [7, 11) is 0. The average Bonchev–Trinajstić information content (AvgIpc) is 2.67. The second-order valence-electron chi connectivity index (χ2n) is 7.52.